The molecule has 1 aliphatic carbocycles. The Kier molecular flexibility index (Phi) is 70.4. The van der Waals surface area contributed by atoms with Crippen LogP contribution in [0, 0.1) is 36.5 Å². The van der Waals surface area contributed by atoms with Crippen LogP contribution in [-0.4, -0.2) is 55.7 Å². The average molecular weight is 1590 g/mol. The minimum absolute atomic E-state index is 0.0293. The highest BCUT2D eigenvalue weighted by atomic mass is 32.2. The van der Waals surface area contributed by atoms with Crippen LogP contribution in [-0.2, 0) is 33.0 Å². The highest BCUT2D eigenvalue weighted by Crippen LogP contribution is 2.49. The molecule has 1 fully saturated rings. The van der Waals surface area contributed by atoms with Crippen LogP contribution in [0.4, 0.5) is 0 Å². The summed E-state index contributed by atoms with van der Waals surface area (Å²) in [5.41, 5.74) is 1.04. The van der Waals surface area contributed by atoms with Crippen LogP contribution in [0.5, 0.6) is 0 Å². The molecule has 0 aromatic heterocycles. The summed E-state index contributed by atoms with van der Waals surface area (Å²) < 4.78 is 48.5. The number of benzene rings is 1. The van der Waals surface area contributed by atoms with Crippen molar-refractivity contribution >= 4 is 24.4 Å². The predicted octanol–water partition coefficient (Wildman–Crippen LogP) is 34.7. The van der Waals surface area contributed by atoms with Gasteiger partial charge in [0.05, 0.1) is 30.6 Å². The Hall–Kier alpha value is -1.26. The molecule has 7 nitrogen and oxygen atoms in total. The van der Waals surface area contributed by atoms with Crippen molar-refractivity contribution in [2.24, 2.45) is 29.6 Å². The highest BCUT2D eigenvalue weighted by Gasteiger charge is 2.41. The second-order valence-corrected chi connectivity index (χ2v) is 44.9. The summed E-state index contributed by atoms with van der Waals surface area (Å²) in [5, 5.41) is 0.149. The van der Waals surface area contributed by atoms with Crippen molar-refractivity contribution in [3.05, 3.63) is 29.8 Å². The monoisotopic (exact) mass is 1590 g/mol. The number of esters is 1. The second-order valence-electron chi connectivity index (χ2n) is 38.5. The van der Waals surface area contributed by atoms with Crippen LogP contribution in [0.25, 0.3) is 0 Å². The molecule has 9 heteroatoms. The van der Waals surface area contributed by atoms with Crippen molar-refractivity contribution in [1.29, 1.82) is 0 Å². The Balaban J connectivity index is 1.34. The topological polar surface area (TPSA) is 88.1 Å². The molecule has 0 spiro atoms. The average Bonchev–Trinajstić information content (AvgIpc) is 1.77. The summed E-state index contributed by atoms with van der Waals surface area (Å²) in [4.78, 5) is 13.5. The molecule has 0 saturated heterocycles. The van der Waals surface area contributed by atoms with Crippen LogP contribution in [0.1, 0.15) is 529 Å². The third kappa shape index (κ3) is 62.5. The van der Waals surface area contributed by atoms with Crippen LogP contribution >= 0.6 is 0 Å². The van der Waals surface area contributed by atoms with Gasteiger partial charge in [-0.3, -0.25) is 8.98 Å². The van der Waals surface area contributed by atoms with E-state index in [2.05, 4.69) is 54.6 Å². The molecule has 7 atom stereocenters. The molecule has 1 saturated carbocycles. The van der Waals surface area contributed by atoms with Crippen molar-refractivity contribution in [2.75, 3.05) is 20.8 Å². The van der Waals surface area contributed by atoms with Crippen LogP contribution in [0.2, 0.25) is 18.1 Å². The van der Waals surface area contributed by atoms with Gasteiger partial charge in [-0.05, 0) is 106 Å². The van der Waals surface area contributed by atoms with Gasteiger partial charge in [-0.25, -0.2) is 0 Å². The fraction of sp³-hybridized carbons (Fsp3) is 0.931. The molecule has 0 amide bonds. The Morgan fingerprint density at radius 2 is 0.721 bits per heavy atom. The molecule has 0 bridgehead atoms. The Morgan fingerprint density at radius 3 is 1.06 bits per heavy atom. The van der Waals surface area contributed by atoms with E-state index in [9.17, 15) is 13.2 Å². The smallest absolute Gasteiger partial charge is 0.308 e. The number of hydrogen-bond donors (Lipinski definition) is 0. The molecule has 0 heterocycles. The fourth-order valence-corrected chi connectivity index (χ4v) is 20.3. The first kappa shape index (κ1) is 106. The normalized spacial score (nSPS) is 15.5. The minimum Gasteiger partial charge on any atom is -0.469 e. The van der Waals surface area contributed by atoms with E-state index in [-0.39, 0.29) is 34.5 Å². The fourth-order valence-electron chi connectivity index (χ4n) is 18.0. The zero-order valence-corrected chi connectivity index (χ0v) is 78.7. The summed E-state index contributed by atoms with van der Waals surface area (Å²) in [6, 6.07) is 6.86. The lowest BCUT2D eigenvalue weighted by atomic mass is 9.92. The van der Waals surface area contributed by atoms with Gasteiger partial charge in [0.15, 0.2) is 8.32 Å². The lowest BCUT2D eigenvalue weighted by Gasteiger charge is -2.40. The van der Waals surface area contributed by atoms with E-state index < -0.39 is 18.4 Å². The van der Waals surface area contributed by atoms with Gasteiger partial charge < -0.3 is 13.9 Å². The largest absolute Gasteiger partial charge is 0.469 e. The first-order chi connectivity index (χ1) is 54.0. The number of carbonyl (C=O) groups excluding carboxylic acids is 1. The summed E-state index contributed by atoms with van der Waals surface area (Å²) in [7, 11) is -2.08. The van der Waals surface area contributed by atoms with Crippen molar-refractivity contribution in [3.63, 3.8) is 0 Å². The van der Waals surface area contributed by atoms with E-state index >= 15 is 0 Å². The first-order valence-electron chi connectivity index (χ1n) is 50.2. The third-order valence-corrected chi connectivity index (χ3v) is 32.9. The molecule has 656 valence electrons. The highest BCUT2D eigenvalue weighted by molar-refractivity contribution is 7.86. The van der Waals surface area contributed by atoms with Gasteiger partial charge in [0.25, 0.3) is 10.1 Å². The van der Waals surface area contributed by atoms with Gasteiger partial charge in [-0.15, -0.1) is 0 Å². The molecule has 1 aromatic rings. The SMILES string of the molecule is CCCCCCCCCCCCCCCCCC[C@H](C)[C@H](CCCCCCCCCCCCCCCC[C@H](C)C1C[C@H]1CCCCCCCCCCCCCCCCCC(C[C@@H](CCCCCCCCCCCCCCCCCCCCCCCCOS(=O)(=O)c1ccc(C)cc1)C(=O)OC)O[Si](C)(C)C(C)(C)C)OC. The van der Waals surface area contributed by atoms with E-state index in [1.54, 1.807) is 19.2 Å². The number of hydrogen-bond acceptors (Lipinski definition) is 7. The maximum atomic E-state index is 13.2. The maximum absolute atomic E-state index is 13.2. The van der Waals surface area contributed by atoms with E-state index in [0.717, 1.165) is 68.3 Å². The maximum Gasteiger partial charge on any atom is 0.308 e. The van der Waals surface area contributed by atoms with Gasteiger partial charge in [0, 0.05) is 13.2 Å². The minimum atomic E-state index is -3.64. The molecule has 1 aliphatic rings. The number of aryl methyl sites for hydroxylation is 1. The van der Waals surface area contributed by atoms with Crippen LogP contribution in [0.3, 0.4) is 0 Å². The van der Waals surface area contributed by atoms with E-state index in [4.69, 9.17) is 18.1 Å². The number of ether oxygens (including phenoxy) is 2. The van der Waals surface area contributed by atoms with Crippen LogP contribution < -0.4 is 0 Å². The predicted molar refractivity (Wildman–Crippen MR) is 490 cm³/mol. The lowest BCUT2D eigenvalue weighted by Crippen LogP contribution is -2.44. The van der Waals surface area contributed by atoms with E-state index in [1.165, 1.54) is 437 Å². The molecule has 0 radical (unpaired) electrons. The molecule has 111 heavy (non-hydrogen) atoms. The molecule has 2 rings (SSSR count). The summed E-state index contributed by atoms with van der Waals surface area (Å²) in [5.74, 6) is 3.70. The Labute approximate surface area is 696 Å². The summed E-state index contributed by atoms with van der Waals surface area (Å²) >= 11 is 0. The summed E-state index contributed by atoms with van der Waals surface area (Å²) in [6.45, 7) is 21.4. The Morgan fingerprint density at radius 1 is 0.414 bits per heavy atom. The number of carbonyl (C=O) groups is 1. The number of methoxy groups -OCH3 is 2. The second kappa shape index (κ2) is 73.8. The zero-order chi connectivity index (χ0) is 80.7. The Bertz CT molecular complexity index is 2250. The third-order valence-electron chi connectivity index (χ3n) is 27.0. The molecule has 0 N–H and O–H groups in total. The molecular formula is C102H196O7SSi. The van der Waals surface area contributed by atoms with Crippen molar-refractivity contribution in [3.8, 4) is 0 Å². The standard InChI is InChI=1S/C102H196O7SSi/c1-12-13-14-15-16-17-18-19-20-30-38-45-52-59-66-73-80-94(4)100(106-8)84-77-70-63-56-49-42-35-34-37-44-51-58-65-72-79-93(3)99-91-95(99)81-74-67-60-53-46-39-32-29-33-41-48-55-62-69-76-83-97(109-111(10,11)102(5,6)7)90-96(101(103)107-9)82-75-68-61-54-47-40-31-27-25-23-21-22-24-26-28-36-43-50-57-64-71-78-89-108-110(104,105)98-87-85-92(2)86-88-98/h85-88,93-97,99-100H,12-84,89-91H2,1-11H3/t93-,94-,95+,96+,97?,99?,100-/m0/s1. The molecule has 2 unspecified atom stereocenters. The lowest BCUT2D eigenvalue weighted by molar-refractivity contribution is -0.146. The van der Waals surface area contributed by atoms with E-state index in [1.807, 2.05) is 26.2 Å². The molecule has 1 aromatic carbocycles. The quantitative estimate of drug-likeness (QED) is 0.0278. The van der Waals surface area contributed by atoms with Crippen molar-refractivity contribution in [2.45, 2.75) is 565 Å². The zero-order valence-electron chi connectivity index (χ0n) is 76.9. The number of unbranched alkanes of at least 4 members (excludes halogenated alkanes) is 63. The number of rotatable bonds is 87. The summed E-state index contributed by atoms with van der Waals surface area (Å²) in [6.07, 6.45) is 103. The van der Waals surface area contributed by atoms with Gasteiger partial charge in [0.1, 0.15) is 0 Å². The molecule has 0 aliphatic heterocycles. The van der Waals surface area contributed by atoms with Gasteiger partial charge in [-0.2, -0.15) is 8.42 Å². The van der Waals surface area contributed by atoms with Gasteiger partial charge in [-0.1, -0.05) is 496 Å². The van der Waals surface area contributed by atoms with Gasteiger partial charge in [0.2, 0.25) is 0 Å². The molecular weight excluding hydrogens is 1400 g/mol. The van der Waals surface area contributed by atoms with E-state index in [0.29, 0.717) is 12.0 Å². The van der Waals surface area contributed by atoms with Gasteiger partial charge >= 0.3 is 5.97 Å². The first-order valence-corrected chi connectivity index (χ1v) is 54.5. The van der Waals surface area contributed by atoms with Crippen molar-refractivity contribution in [1.82, 2.24) is 0 Å². The van der Waals surface area contributed by atoms with Crippen molar-refractivity contribution < 1.29 is 31.3 Å². The van der Waals surface area contributed by atoms with Crippen LogP contribution in [0.15, 0.2) is 29.2 Å².